The number of nitrogens with zero attached hydrogens (tertiary/aromatic N) is 1. The van der Waals surface area contributed by atoms with E-state index in [1.54, 1.807) is 6.07 Å². The fraction of sp³-hybridized carbons (Fsp3) is 0.308. The topological polar surface area (TPSA) is 4.93 Å². The van der Waals surface area contributed by atoms with Crippen LogP contribution in [0.3, 0.4) is 0 Å². The normalized spacial score (nSPS) is 15.6. The molecule has 0 bridgehead atoms. The Morgan fingerprint density at radius 3 is 3.07 bits per heavy atom. The lowest BCUT2D eigenvalue weighted by molar-refractivity contribution is 0.629. The van der Waals surface area contributed by atoms with E-state index in [-0.39, 0.29) is 5.82 Å². The van der Waals surface area contributed by atoms with E-state index < -0.39 is 0 Å². The Kier molecular flexibility index (Phi) is 1.84. The molecule has 1 aliphatic carbocycles. The Morgan fingerprint density at radius 2 is 2.20 bits per heavy atom. The van der Waals surface area contributed by atoms with Crippen molar-refractivity contribution < 1.29 is 4.39 Å². The Bertz CT molecular complexity index is 525. The highest BCUT2D eigenvalue weighted by molar-refractivity contribution is 5.86. The molecule has 1 aromatic carbocycles. The van der Waals surface area contributed by atoms with Crippen molar-refractivity contribution >= 4 is 10.9 Å². The lowest BCUT2D eigenvalue weighted by Gasteiger charge is -2.12. The molecule has 0 saturated heterocycles. The van der Waals surface area contributed by atoms with Crippen molar-refractivity contribution in [3.63, 3.8) is 0 Å². The number of para-hydroxylation sites is 1. The minimum atomic E-state index is -0.107. The number of hydrogen-bond acceptors (Lipinski definition) is 0. The molecule has 2 heteroatoms. The van der Waals surface area contributed by atoms with Crippen LogP contribution >= 0.6 is 0 Å². The maximum absolute atomic E-state index is 13.7. The van der Waals surface area contributed by atoms with Crippen LogP contribution in [0.2, 0.25) is 0 Å². The SMILES string of the molecule is Cn1c2c(c3cccc(F)c31)C[CH]CC2. The van der Waals surface area contributed by atoms with Gasteiger partial charge in [0.05, 0.1) is 5.52 Å². The summed E-state index contributed by atoms with van der Waals surface area (Å²) < 4.78 is 15.7. The van der Waals surface area contributed by atoms with Crippen LogP contribution in [0.1, 0.15) is 17.7 Å². The smallest absolute Gasteiger partial charge is 0.147 e. The van der Waals surface area contributed by atoms with Gasteiger partial charge in [-0.15, -0.1) is 0 Å². The van der Waals surface area contributed by atoms with Crippen LogP contribution < -0.4 is 0 Å². The van der Waals surface area contributed by atoms with E-state index in [1.165, 1.54) is 17.3 Å². The highest BCUT2D eigenvalue weighted by Crippen LogP contribution is 2.31. The molecule has 0 atom stereocenters. The largest absolute Gasteiger partial charge is 0.345 e. The highest BCUT2D eigenvalue weighted by Gasteiger charge is 2.19. The van der Waals surface area contributed by atoms with Crippen molar-refractivity contribution in [2.75, 3.05) is 0 Å². The number of aromatic nitrogens is 1. The molecule has 3 rings (SSSR count). The summed E-state index contributed by atoms with van der Waals surface area (Å²) in [5.74, 6) is -0.107. The first-order chi connectivity index (χ1) is 7.29. The van der Waals surface area contributed by atoms with Gasteiger partial charge in [0.25, 0.3) is 0 Å². The van der Waals surface area contributed by atoms with Gasteiger partial charge in [-0.05, 0) is 37.3 Å². The van der Waals surface area contributed by atoms with Gasteiger partial charge >= 0.3 is 0 Å². The molecular formula is C13H13FN. The van der Waals surface area contributed by atoms with Crippen molar-refractivity contribution in [1.29, 1.82) is 0 Å². The van der Waals surface area contributed by atoms with Gasteiger partial charge in [0.1, 0.15) is 5.82 Å². The third-order valence-corrected chi connectivity index (χ3v) is 3.33. The summed E-state index contributed by atoms with van der Waals surface area (Å²) in [6.07, 6.45) is 5.42. The average Bonchev–Trinajstić information content (AvgIpc) is 2.55. The van der Waals surface area contributed by atoms with Crippen molar-refractivity contribution in [1.82, 2.24) is 4.57 Å². The van der Waals surface area contributed by atoms with Crippen molar-refractivity contribution in [3.8, 4) is 0 Å². The van der Waals surface area contributed by atoms with E-state index in [0.717, 1.165) is 30.2 Å². The standard InChI is InChI=1S/C13H13FN/c1-15-12-8-3-2-5-9(12)10-6-4-7-11(14)13(10)15/h2,4,6-7H,3,5,8H2,1H3. The lowest BCUT2D eigenvalue weighted by Crippen LogP contribution is -2.05. The maximum Gasteiger partial charge on any atom is 0.147 e. The summed E-state index contributed by atoms with van der Waals surface area (Å²) in [6, 6.07) is 5.36. The molecule has 2 aromatic rings. The summed E-state index contributed by atoms with van der Waals surface area (Å²) >= 11 is 0. The third-order valence-electron chi connectivity index (χ3n) is 3.33. The predicted octanol–water partition coefficient (Wildman–Crippen LogP) is 3.01. The quantitative estimate of drug-likeness (QED) is 0.619. The zero-order valence-corrected chi connectivity index (χ0v) is 8.76. The second-order valence-electron chi connectivity index (χ2n) is 4.15. The third kappa shape index (κ3) is 1.14. The second kappa shape index (κ2) is 3.09. The van der Waals surface area contributed by atoms with Crippen LogP contribution in [0, 0.1) is 12.2 Å². The first kappa shape index (κ1) is 8.96. The Labute approximate surface area is 88.5 Å². The Balaban J connectivity index is 2.44. The van der Waals surface area contributed by atoms with Crippen LogP contribution in [-0.4, -0.2) is 4.57 Å². The van der Waals surface area contributed by atoms with Gasteiger partial charge in [-0.1, -0.05) is 12.1 Å². The summed E-state index contributed by atoms with van der Waals surface area (Å²) in [4.78, 5) is 0. The molecule has 0 saturated carbocycles. The zero-order valence-electron chi connectivity index (χ0n) is 8.76. The maximum atomic E-state index is 13.7. The molecule has 0 amide bonds. The van der Waals surface area contributed by atoms with Crippen molar-refractivity contribution in [2.45, 2.75) is 19.3 Å². The van der Waals surface area contributed by atoms with Crippen LogP contribution in [-0.2, 0) is 19.9 Å². The van der Waals surface area contributed by atoms with Gasteiger partial charge in [0.15, 0.2) is 0 Å². The molecule has 0 fully saturated rings. The monoisotopic (exact) mass is 202 g/mol. The molecule has 0 spiro atoms. The van der Waals surface area contributed by atoms with Crippen LogP contribution in [0.4, 0.5) is 4.39 Å². The minimum absolute atomic E-state index is 0.107. The first-order valence-corrected chi connectivity index (χ1v) is 5.35. The molecule has 77 valence electrons. The number of hydrogen-bond donors (Lipinski definition) is 0. The van der Waals surface area contributed by atoms with E-state index in [1.807, 2.05) is 17.7 Å². The molecule has 1 nitrogen and oxygen atoms in total. The van der Waals surface area contributed by atoms with Crippen molar-refractivity contribution in [3.05, 3.63) is 41.7 Å². The molecule has 1 heterocycles. The van der Waals surface area contributed by atoms with Crippen molar-refractivity contribution in [2.24, 2.45) is 7.05 Å². The molecule has 0 aliphatic heterocycles. The van der Waals surface area contributed by atoms with E-state index in [4.69, 9.17) is 0 Å². The Hall–Kier alpha value is -1.31. The van der Waals surface area contributed by atoms with Crippen LogP contribution in [0.25, 0.3) is 10.9 Å². The van der Waals surface area contributed by atoms with E-state index in [9.17, 15) is 4.39 Å². The van der Waals surface area contributed by atoms with Gasteiger partial charge in [-0.3, -0.25) is 0 Å². The zero-order chi connectivity index (χ0) is 10.4. The van der Waals surface area contributed by atoms with E-state index in [2.05, 4.69) is 6.42 Å². The number of rotatable bonds is 0. The molecule has 15 heavy (non-hydrogen) atoms. The van der Waals surface area contributed by atoms with Crippen LogP contribution in [0.5, 0.6) is 0 Å². The molecule has 1 aromatic heterocycles. The van der Waals surface area contributed by atoms with Gasteiger partial charge < -0.3 is 4.57 Å². The second-order valence-corrected chi connectivity index (χ2v) is 4.15. The van der Waals surface area contributed by atoms with Gasteiger partial charge in [-0.2, -0.15) is 0 Å². The fourth-order valence-electron chi connectivity index (χ4n) is 2.62. The van der Waals surface area contributed by atoms with E-state index in [0.29, 0.717) is 0 Å². The number of halogens is 1. The number of fused-ring (bicyclic) bond motifs is 3. The fourth-order valence-corrected chi connectivity index (χ4v) is 2.62. The predicted molar refractivity (Wildman–Crippen MR) is 59.2 cm³/mol. The number of aryl methyl sites for hydroxylation is 1. The summed E-state index contributed by atoms with van der Waals surface area (Å²) in [7, 11) is 1.97. The lowest BCUT2D eigenvalue weighted by atomic mass is 9.96. The van der Waals surface area contributed by atoms with Crippen LogP contribution in [0.15, 0.2) is 18.2 Å². The summed E-state index contributed by atoms with van der Waals surface area (Å²) in [6.45, 7) is 0. The van der Waals surface area contributed by atoms with Gasteiger partial charge in [-0.25, -0.2) is 4.39 Å². The Morgan fingerprint density at radius 1 is 1.33 bits per heavy atom. The number of benzene rings is 1. The molecule has 0 unspecified atom stereocenters. The minimum Gasteiger partial charge on any atom is -0.345 e. The first-order valence-electron chi connectivity index (χ1n) is 5.35. The van der Waals surface area contributed by atoms with Gasteiger partial charge in [0.2, 0.25) is 0 Å². The summed E-state index contributed by atoms with van der Waals surface area (Å²) in [5, 5.41) is 1.09. The molecular weight excluding hydrogens is 189 g/mol. The molecule has 1 radical (unpaired) electrons. The molecule has 1 aliphatic rings. The van der Waals surface area contributed by atoms with Gasteiger partial charge in [0, 0.05) is 18.1 Å². The van der Waals surface area contributed by atoms with E-state index >= 15 is 0 Å². The average molecular weight is 202 g/mol. The summed E-state index contributed by atoms with van der Waals surface area (Å²) in [5.41, 5.74) is 3.38. The molecule has 0 N–H and O–H groups in total. The highest BCUT2D eigenvalue weighted by atomic mass is 19.1.